The second-order valence-corrected chi connectivity index (χ2v) is 17.5. The molecule has 0 bridgehead atoms. The first-order valence-corrected chi connectivity index (χ1v) is 19.8. The van der Waals surface area contributed by atoms with E-state index in [1.165, 1.54) is 11.2 Å². The lowest BCUT2D eigenvalue weighted by Gasteiger charge is -2.44. The summed E-state index contributed by atoms with van der Waals surface area (Å²) in [6.45, 7) is 11.5. The summed E-state index contributed by atoms with van der Waals surface area (Å²) in [5, 5.41) is 0. The molecule has 1 aromatic heterocycles. The van der Waals surface area contributed by atoms with E-state index in [0.29, 0.717) is 48.3 Å². The highest BCUT2D eigenvalue weighted by molar-refractivity contribution is 7.91. The molecule has 13 nitrogen and oxygen atoms in total. The Morgan fingerprint density at radius 1 is 0.981 bits per heavy atom. The van der Waals surface area contributed by atoms with Gasteiger partial charge < -0.3 is 28.7 Å². The number of aromatic nitrogens is 2. The molecule has 278 valence electrons. The van der Waals surface area contributed by atoms with Gasteiger partial charge in [0.15, 0.2) is 15.7 Å². The summed E-state index contributed by atoms with van der Waals surface area (Å²) in [6.07, 6.45) is 1.55. The SMILES string of the molecule is Cc1cc(C2CC(C3CN(C(=O)OCc4ccccc4)CCO3)C2)cc2c1O[C@H](C)c1c(N3CCS(=O)(=O)CC3)ncnc1N2C(=O)OC(C)(C)C. The maximum Gasteiger partial charge on any atom is 0.420 e. The third-order valence-electron chi connectivity index (χ3n) is 10.2. The van der Waals surface area contributed by atoms with E-state index in [4.69, 9.17) is 18.9 Å². The summed E-state index contributed by atoms with van der Waals surface area (Å²) in [5.74, 6) is 1.93. The number of benzene rings is 2. The lowest BCUT2D eigenvalue weighted by Crippen LogP contribution is -2.50. The van der Waals surface area contributed by atoms with Crippen molar-refractivity contribution in [2.75, 3.05) is 54.1 Å². The predicted molar refractivity (Wildman–Crippen MR) is 195 cm³/mol. The van der Waals surface area contributed by atoms with Crippen LogP contribution in [-0.2, 0) is 30.7 Å². The normalized spacial score (nSPS) is 24.1. The Morgan fingerprint density at radius 3 is 2.40 bits per heavy atom. The first-order valence-electron chi connectivity index (χ1n) is 18.0. The topological polar surface area (TPSA) is 141 Å². The highest BCUT2D eigenvalue weighted by Crippen LogP contribution is 2.51. The second-order valence-electron chi connectivity index (χ2n) is 15.2. The molecule has 0 radical (unpaired) electrons. The third kappa shape index (κ3) is 7.54. The fraction of sp³-hybridized carbons (Fsp3) is 0.526. The Hall–Kier alpha value is -4.43. The van der Waals surface area contributed by atoms with Crippen molar-refractivity contribution >= 4 is 39.3 Å². The van der Waals surface area contributed by atoms with Crippen LogP contribution in [0.5, 0.6) is 5.75 Å². The quantitative estimate of drug-likeness (QED) is 0.302. The minimum absolute atomic E-state index is 0.0180. The number of hydrogen-bond donors (Lipinski definition) is 0. The lowest BCUT2D eigenvalue weighted by atomic mass is 9.68. The van der Waals surface area contributed by atoms with Crippen molar-refractivity contribution in [1.29, 1.82) is 0 Å². The van der Waals surface area contributed by atoms with Crippen LogP contribution in [0.15, 0.2) is 48.8 Å². The van der Waals surface area contributed by atoms with Crippen molar-refractivity contribution in [2.45, 2.75) is 77.8 Å². The molecule has 0 N–H and O–H groups in total. The molecular formula is C38H47N5O8S. The van der Waals surface area contributed by atoms with Crippen molar-refractivity contribution in [3.8, 4) is 5.75 Å². The number of nitrogens with zero attached hydrogens (tertiary/aromatic N) is 5. The number of fused-ring (bicyclic) bond motifs is 2. The Labute approximate surface area is 305 Å². The van der Waals surface area contributed by atoms with Crippen LogP contribution in [0.3, 0.4) is 0 Å². The number of morpholine rings is 1. The number of rotatable bonds is 5. The number of aryl methyl sites for hydroxylation is 1. The smallest absolute Gasteiger partial charge is 0.420 e. The summed E-state index contributed by atoms with van der Waals surface area (Å²) in [7, 11) is -3.13. The van der Waals surface area contributed by atoms with E-state index in [1.807, 2.05) is 75.9 Å². The Balaban J connectivity index is 1.13. The summed E-state index contributed by atoms with van der Waals surface area (Å²) in [4.78, 5) is 41.4. The average Bonchev–Trinajstić information content (AvgIpc) is 3.20. The summed E-state index contributed by atoms with van der Waals surface area (Å²) < 4.78 is 48.9. The molecule has 1 saturated carbocycles. The van der Waals surface area contributed by atoms with Gasteiger partial charge in [-0.3, -0.25) is 0 Å². The third-order valence-corrected chi connectivity index (χ3v) is 11.8. The number of carbonyl (C=O) groups is 2. The fourth-order valence-electron chi connectivity index (χ4n) is 7.45. The van der Waals surface area contributed by atoms with Crippen LogP contribution in [0, 0.1) is 12.8 Å². The van der Waals surface area contributed by atoms with E-state index in [9.17, 15) is 18.0 Å². The van der Waals surface area contributed by atoms with Crippen LogP contribution in [0.2, 0.25) is 0 Å². The first kappa shape index (κ1) is 36.0. The highest BCUT2D eigenvalue weighted by atomic mass is 32.2. The van der Waals surface area contributed by atoms with Gasteiger partial charge in [0, 0.05) is 19.6 Å². The van der Waals surface area contributed by atoms with Crippen LogP contribution in [0.25, 0.3) is 0 Å². The summed E-state index contributed by atoms with van der Waals surface area (Å²) in [5.41, 5.74) is 3.21. The zero-order valence-corrected chi connectivity index (χ0v) is 31.2. The Bertz CT molecular complexity index is 1920. The van der Waals surface area contributed by atoms with Gasteiger partial charge in [-0.05, 0) is 82.1 Å². The van der Waals surface area contributed by atoms with Crippen LogP contribution in [0.4, 0.5) is 26.9 Å². The molecule has 3 aliphatic heterocycles. The molecule has 14 heteroatoms. The van der Waals surface area contributed by atoms with E-state index in [0.717, 1.165) is 29.5 Å². The van der Waals surface area contributed by atoms with Crippen molar-refractivity contribution in [2.24, 2.45) is 5.92 Å². The van der Waals surface area contributed by atoms with Gasteiger partial charge in [0.1, 0.15) is 36.2 Å². The fourth-order valence-corrected chi connectivity index (χ4v) is 8.65. The Kier molecular flexibility index (Phi) is 9.81. The molecule has 2 aromatic carbocycles. The molecule has 1 unspecified atom stereocenters. The molecule has 3 fully saturated rings. The van der Waals surface area contributed by atoms with E-state index in [2.05, 4.69) is 16.0 Å². The molecule has 7 rings (SSSR count). The van der Waals surface area contributed by atoms with Crippen molar-refractivity contribution in [3.05, 3.63) is 71.0 Å². The van der Waals surface area contributed by atoms with Gasteiger partial charge in [-0.2, -0.15) is 0 Å². The van der Waals surface area contributed by atoms with Crippen LogP contribution < -0.4 is 14.5 Å². The minimum Gasteiger partial charge on any atom is -0.483 e. The number of ether oxygens (including phenoxy) is 4. The van der Waals surface area contributed by atoms with E-state index in [-0.39, 0.29) is 55.2 Å². The molecule has 2 amide bonds. The molecule has 0 spiro atoms. The van der Waals surface area contributed by atoms with E-state index >= 15 is 0 Å². The van der Waals surface area contributed by atoms with E-state index in [1.54, 1.807) is 4.90 Å². The highest BCUT2D eigenvalue weighted by Gasteiger charge is 2.42. The maximum absolute atomic E-state index is 14.2. The summed E-state index contributed by atoms with van der Waals surface area (Å²) >= 11 is 0. The molecular weight excluding hydrogens is 687 g/mol. The van der Waals surface area contributed by atoms with Gasteiger partial charge in [0.05, 0.1) is 42.0 Å². The standard InChI is InChI=1S/C38H47N5O8S/c1-24-17-27(28-18-29(19-28)31-21-42(11-14-48-31)36(44)49-22-26-9-7-6-8-10-26)20-30-33(24)50-25(2)32-34(41-12-15-52(46,47)16-13-41)39-23-40-35(32)43(30)37(45)51-38(3,4)5/h6-10,17,20,23,25,28-29,31H,11-16,18-19,21-22H2,1-5H3/t25-,28?,29?,31?/m1/s1. The van der Waals surface area contributed by atoms with Crippen LogP contribution in [-0.4, -0.2) is 91.5 Å². The van der Waals surface area contributed by atoms with Gasteiger partial charge in [0.25, 0.3) is 0 Å². The van der Waals surface area contributed by atoms with Gasteiger partial charge in [0.2, 0.25) is 0 Å². The molecule has 4 aliphatic rings. The van der Waals surface area contributed by atoms with Crippen molar-refractivity contribution in [1.82, 2.24) is 14.9 Å². The maximum atomic E-state index is 14.2. The van der Waals surface area contributed by atoms with Gasteiger partial charge >= 0.3 is 12.2 Å². The second kappa shape index (κ2) is 14.2. The number of hydrogen-bond acceptors (Lipinski definition) is 11. The predicted octanol–water partition coefficient (Wildman–Crippen LogP) is 6.08. The zero-order chi connectivity index (χ0) is 36.8. The van der Waals surface area contributed by atoms with Crippen molar-refractivity contribution < 1.29 is 37.0 Å². The first-order chi connectivity index (χ1) is 24.8. The average molecular weight is 734 g/mol. The largest absolute Gasteiger partial charge is 0.483 e. The zero-order valence-electron chi connectivity index (χ0n) is 30.4. The molecule has 4 heterocycles. The summed E-state index contributed by atoms with van der Waals surface area (Å²) in [6, 6.07) is 13.8. The number of carbonyl (C=O) groups excluding carboxylic acids is 2. The monoisotopic (exact) mass is 733 g/mol. The molecule has 52 heavy (non-hydrogen) atoms. The minimum atomic E-state index is -3.13. The number of amides is 2. The number of sulfone groups is 1. The van der Waals surface area contributed by atoms with Crippen molar-refractivity contribution in [3.63, 3.8) is 0 Å². The molecule has 1 aliphatic carbocycles. The van der Waals surface area contributed by atoms with Crippen LogP contribution in [0.1, 0.15) is 74.8 Å². The lowest BCUT2D eigenvalue weighted by molar-refractivity contribution is -0.0751. The van der Waals surface area contributed by atoms with Gasteiger partial charge in [-0.15, -0.1) is 0 Å². The number of anilines is 3. The molecule has 2 saturated heterocycles. The van der Waals surface area contributed by atoms with E-state index < -0.39 is 27.6 Å². The molecule has 3 aromatic rings. The van der Waals surface area contributed by atoms with Gasteiger partial charge in [-0.1, -0.05) is 36.4 Å². The van der Waals surface area contributed by atoms with Gasteiger partial charge in [-0.25, -0.2) is 32.9 Å². The van der Waals surface area contributed by atoms with Crippen LogP contribution >= 0.6 is 0 Å². The molecule has 2 atom stereocenters. The Morgan fingerprint density at radius 2 is 1.69 bits per heavy atom.